The smallest absolute Gasteiger partial charge is 0.0207 e. The van der Waals surface area contributed by atoms with E-state index in [0.717, 1.165) is 13.1 Å². The quantitative estimate of drug-likeness (QED) is 0.778. The molecule has 0 bridgehead atoms. The molecule has 0 fully saturated rings. The van der Waals surface area contributed by atoms with E-state index in [1.165, 1.54) is 35.0 Å². The van der Waals surface area contributed by atoms with Gasteiger partial charge in [-0.2, -0.15) is 0 Å². The molecule has 1 aromatic rings. The van der Waals surface area contributed by atoms with E-state index in [2.05, 4.69) is 65.4 Å². The van der Waals surface area contributed by atoms with Gasteiger partial charge in [0.2, 0.25) is 0 Å². The van der Waals surface area contributed by atoms with E-state index in [-0.39, 0.29) is 0 Å². The number of nitrogens with zero attached hydrogens (tertiary/aromatic N) is 1. The van der Waals surface area contributed by atoms with Crippen LogP contribution in [0.2, 0.25) is 0 Å². The highest BCUT2D eigenvalue weighted by molar-refractivity contribution is 9.10. The highest BCUT2D eigenvalue weighted by Crippen LogP contribution is 2.17. The molecule has 17 heavy (non-hydrogen) atoms. The molecule has 0 aliphatic heterocycles. The van der Waals surface area contributed by atoms with E-state index < -0.39 is 0 Å². The molecule has 3 heteroatoms. The molecule has 96 valence electrons. The van der Waals surface area contributed by atoms with E-state index in [0.29, 0.717) is 0 Å². The minimum absolute atomic E-state index is 0.959. The monoisotopic (exact) mass is 298 g/mol. The number of rotatable bonds is 7. The van der Waals surface area contributed by atoms with Gasteiger partial charge in [-0.25, -0.2) is 0 Å². The van der Waals surface area contributed by atoms with Gasteiger partial charge in [-0.1, -0.05) is 28.1 Å². The topological polar surface area (TPSA) is 15.3 Å². The van der Waals surface area contributed by atoms with E-state index >= 15 is 0 Å². The van der Waals surface area contributed by atoms with Crippen molar-refractivity contribution in [3.8, 4) is 0 Å². The zero-order chi connectivity index (χ0) is 12.7. The minimum atomic E-state index is 0.959. The van der Waals surface area contributed by atoms with Crippen LogP contribution in [0, 0.1) is 6.92 Å². The van der Waals surface area contributed by atoms with Crippen LogP contribution >= 0.6 is 15.9 Å². The Morgan fingerprint density at radius 2 is 2.00 bits per heavy atom. The lowest BCUT2D eigenvalue weighted by Gasteiger charge is -2.09. The molecule has 1 N–H and O–H groups in total. The van der Waals surface area contributed by atoms with Crippen molar-refractivity contribution in [2.75, 3.05) is 27.2 Å². The van der Waals surface area contributed by atoms with Crippen LogP contribution in [0.5, 0.6) is 0 Å². The fourth-order valence-electron chi connectivity index (χ4n) is 1.66. The average Bonchev–Trinajstić information content (AvgIpc) is 2.27. The summed E-state index contributed by atoms with van der Waals surface area (Å²) in [6.45, 7) is 5.35. The van der Waals surface area contributed by atoms with Gasteiger partial charge >= 0.3 is 0 Å². The SMILES string of the molecule is Cc1ccc(CNCCCCN(C)C)cc1Br. The van der Waals surface area contributed by atoms with Crippen LogP contribution in [0.15, 0.2) is 22.7 Å². The van der Waals surface area contributed by atoms with Crippen molar-refractivity contribution in [1.29, 1.82) is 0 Å². The fraction of sp³-hybridized carbons (Fsp3) is 0.571. The molecule has 0 aromatic heterocycles. The van der Waals surface area contributed by atoms with Gasteiger partial charge in [-0.15, -0.1) is 0 Å². The van der Waals surface area contributed by atoms with Crippen LogP contribution in [0.4, 0.5) is 0 Å². The molecule has 1 rings (SSSR count). The Balaban J connectivity index is 2.16. The molecule has 2 nitrogen and oxygen atoms in total. The van der Waals surface area contributed by atoms with Crippen molar-refractivity contribution in [3.63, 3.8) is 0 Å². The second-order valence-electron chi connectivity index (χ2n) is 4.77. The van der Waals surface area contributed by atoms with Crippen molar-refractivity contribution >= 4 is 15.9 Å². The van der Waals surface area contributed by atoms with Gasteiger partial charge in [-0.05, 0) is 64.1 Å². The number of unbranched alkanes of at least 4 members (excludes halogenated alkanes) is 1. The Morgan fingerprint density at radius 1 is 1.24 bits per heavy atom. The summed E-state index contributed by atoms with van der Waals surface area (Å²) in [5.41, 5.74) is 2.63. The van der Waals surface area contributed by atoms with Crippen molar-refractivity contribution in [2.24, 2.45) is 0 Å². The first-order valence-electron chi connectivity index (χ1n) is 6.20. The summed E-state index contributed by atoms with van der Waals surface area (Å²) in [4.78, 5) is 2.23. The fourth-order valence-corrected chi connectivity index (χ4v) is 2.08. The lowest BCUT2D eigenvalue weighted by atomic mass is 10.1. The molecular weight excluding hydrogens is 276 g/mol. The summed E-state index contributed by atoms with van der Waals surface area (Å²) in [5.74, 6) is 0. The number of hydrogen-bond donors (Lipinski definition) is 1. The highest BCUT2D eigenvalue weighted by Gasteiger charge is 1.97. The van der Waals surface area contributed by atoms with E-state index in [1.807, 2.05) is 0 Å². The van der Waals surface area contributed by atoms with Gasteiger partial charge in [-0.3, -0.25) is 0 Å². The third-order valence-electron chi connectivity index (χ3n) is 2.77. The van der Waals surface area contributed by atoms with E-state index in [4.69, 9.17) is 0 Å². The summed E-state index contributed by atoms with van der Waals surface area (Å²) in [6.07, 6.45) is 2.50. The van der Waals surface area contributed by atoms with Crippen molar-refractivity contribution in [3.05, 3.63) is 33.8 Å². The van der Waals surface area contributed by atoms with Crippen LogP contribution in [0.1, 0.15) is 24.0 Å². The molecule has 0 atom stereocenters. The molecule has 0 heterocycles. The number of aryl methyl sites for hydroxylation is 1. The number of nitrogens with one attached hydrogen (secondary N) is 1. The lowest BCUT2D eigenvalue weighted by Crippen LogP contribution is -2.18. The second-order valence-corrected chi connectivity index (χ2v) is 5.63. The molecule has 0 saturated heterocycles. The van der Waals surface area contributed by atoms with Gasteiger partial charge in [0.1, 0.15) is 0 Å². The van der Waals surface area contributed by atoms with Gasteiger partial charge in [0, 0.05) is 11.0 Å². The van der Waals surface area contributed by atoms with Crippen molar-refractivity contribution < 1.29 is 0 Å². The standard InChI is InChI=1S/C14H23BrN2/c1-12-6-7-13(10-14(12)15)11-16-8-4-5-9-17(2)3/h6-7,10,16H,4-5,8-9,11H2,1-3H3. The minimum Gasteiger partial charge on any atom is -0.313 e. The van der Waals surface area contributed by atoms with Crippen LogP contribution in [0.3, 0.4) is 0 Å². The molecule has 0 unspecified atom stereocenters. The average molecular weight is 299 g/mol. The van der Waals surface area contributed by atoms with E-state index in [9.17, 15) is 0 Å². The Labute approximate surface area is 114 Å². The summed E-state index contributed by atoms with van der Waals surface area (Å²) >= 11 is 3.56. The lowest BCUT2D eigenvalue weighted by molar-refractivity contribution is 0.391. The Kier molecular flexibility index (Phi) is 6.78. The maximum absolute atomic E-state index is 3.56. The molecule has 0 aliphatic carbocycles. The molecule has 0 amide bonds. The summed E-state index contributed by atoms with van der Waals surface area (Å²) in [5, 5.41) is 3.48. The van der Waals surface area contributed by atoms with Crippen molar-refractivity contribution in [2.45, 2.75) is 26.3 Å². The largest absolute Gasteiger partial charge is 0.313 e. The second kappa shape index (κ2) is 7.85. The maximum atomic E-state index is 3.56. The van der Waals surface area contributed by atoms with Crippen LogP contribution in [-0.4, -0.2) is 32.1 Å². The predicted molar refractivity (Wildman–Crippen MR) is 78.4 cm³/mol. The number of hydrogen-bond acceptors (Lipinski definition) is 2. The van der Waals surface area contributed by atoms with Crippen LogP contribution < -0.4 is 5.32 Å². The number of halogens is 1. The summed E-state index contributed by atoms with van der Waals surface area (Å²) < 4.78 is 1.20. The molecular formula is C14H23BrN2. The van der Waals surface area contributed by atoms with Crippen molar-refractivity contribution in [1.82, 2.24) is 10.2 Å². The molecule has 0 saturated carbocycles. The van der Waals surface area contributed by atoms with E-state index in [1.54, 1.807) is 0 Å². The van der Waals surface area contributed by atoms with Crippen LogP contribution in [-0.2, 0) is 6.54 Å². The zero-order valence-corrected chi connectivity index (χ0v) is 12.7. The Morgan fingerprint density at radius 3 is 2.65 bits per heavy atom. The first-order chi connectivity index (χ1) is 8.09. The third-order valence-corrected chi connectivity index (χ3v) is 3.63. The maximum Gasteiger partial charge on any atom is 0.0207 e. The first-order valence-corrected chi connectivity index (χ1v) is 6.99. The van der Waals surface area contributed by atoms with Gasteiger partial charge < -0.3 is 10.2 Å². The zero-order valence-electron chi connectivity index (χ0n) is 11.1. The van der Waals surface area contributed by atoms with Crippen LogP contribution in [0.25, 0.3) is 0 Å². The summed E-state index contributed by atoms with van der Waals surface area (Å²) in [6, 6.07) is 6.54. The van der Waals surface area contributed by atoms with Gasteiger partial charge in [0.05, 0.1) is 0 Å². The summed E-state index contributed by atoms with van der Waals surface area (Å²) in [7, 11) is 4.24. The first kappa shape index (κ1) is 14.7. The molecule has 1 aromatic carbocycles. The van der Waals surface area contributed by atoms with Gasteiger partial charge in [0.25, 0.3) is 0 Å². The van der Waals surface area contributed by atoms with Gasteiger partial charge in [0.15, 0.2) is 0 Å². The third kappa shape index (κ3) is 6.20. The Bertz CT molecular complexity index is 337. The molecule has 0 aliphatic rings. The normalized spacial score (nSPS) is 11.1. The highest BCUT2D eigenvalue weighted by atomic mass is 79.9. The molecule has 0 spiro atoms. The molecule has 0 radical (unpaired) electrons. The predicted octanol–water partition coefficient (Wildman–Crippen LogP) is 3.19. The number of benzene rings is 1. The Hall–Kier alpha value is -0.380.